The molecular weight excluding hydrogens is 363 g/mol. The molecule has 118 valence electrons. The molecule has 2 aromatic carbocycles. The van der Waals surface area contributed by atoms with E-state index < -0.39 is 10.8 Å². The van der Waals surface area contributed by atoms with Crippen molar-refractivity contribution in [1.29, 1.82) is 0 Å². The van der Waals surface area contributed by atoms with Crippen LogP contribution in [0.3, 0.4) is 0 Å². The van der Waals surface area contributed by atoms with E-state index in [-0.39, 0.29) is 16.4 Å². The second-order valence-electron chi connectivity index (χ2n) is 4.38. The van der Waals surface area contributed by atoms with Crippen LogP contribution in [0.1, 0.15) is 5.56 Å². The molecule has 0 spiro atoms. The fraction of sp³-hybridized carbons (Fsp3) is 0. The average molecular weight is 372 g/mol. The first-order chi connectivity index (χ1) is 10.9. The topological polar surface area (TPSA) is 72.2 Å². The van der Waals surface area contributed by atoms with Crippen LogP contribution in [0.2, 0.25) is 15.1 Å². The summed E-state index contributed by atoms with van der Waals surface area (Å²) in [5.74, 6) is -0.475. The molecule has 0 aliphatic rings. The maximum atomic E-state index is 11.9. The third-order valence-electron chi connectivity index (χ3n) is 2.82. The lowest BCUT2D eigenvalue weighted by Gasteiger charge is -2.05. The Morgan fingerprint density at radius 2 is 1.74 bits per heavy atom. The summed E-state index contributed by atoms with van der Waals surface area (Å²) in [5, 5.41) is 14.0. The second-order valence-corrected chi connectivity index (χ2v) is 5.60. The van der Waals surface area contributed by atoms with Crippen LogP contribution < -0.4 is 5.32 Å². The van der Waals surface area contributed by atoms with E-state index in [0.29, 0.717) is 15.6 Å². The number of hydrogen-bond acceptors (Lipinski definition) is 3. The number of nitrogens with zero attached hydrogens (tertiary/aromatic N) is 1. The minimum absolute atomic E-state index is 0.0664. The molecular formula is C15H9Cl3N2O3. The zero-order valence-electron chi connectivity index (χ0n) is 11.4. The van der Waals surface area contributed by atoms with Gasteiger partial charge in [-0.05, 0) is 24.3 Å². The van der Waals surface area contributed by atoms with Gasteiger partial charge in [0.2, 0.25) is 5.91 Å². The van der Waals surface area contributed by atoms with E-state index in [1.54, 1.807) is 18.2 Å². The number of rotatable bonds is 4. The zero-order chi connectivity index (χ0) is 17.0. The Labute approximate surface area is 146 Å². The van der Waals surface area contributed by atoms with Crippen LogP contribution in [0.5, 0.6) is 0 Å². The van der Waals surface area contributed by atoms with Gasteiger partial charge in [-0.3, -0.25) is 14.9 Å². The molecule has 0 bridgehead atoms. The fourth-order valence-corrected chi connectivity index (χ4v) is 2.47. The van der Waals surface area contributed by atoms with E-state index in [0.717, 1.165) is 6.07 Å². The summed E-state index contributed by atoms with van der Waals surface area (Å²) in [6, 6.07) is 8.76. The van der Waals surface area contributed by atoms with E-state index >= 15 is 0 Å². The molecule has 2 aromatic rings. The highest BCUT2D eigenvalue weighted by molar-refractivity contribution is 6.37. The van der Waals surface area contributed by atoms with Gasteiger partial charge in [-0.25, -0.2) is 0 Å². The van der Waals surface area contributed by atoms with Gasteiger partial charge in [-0.15, -0.1) is 0 Å². The largest absolute Gasteiger partial charge is 0.321 e. The van der Waals surface area contributed by atoms with Crippen LogP contribution in [0.15, 0.2) is 42.5 Å². The van der Waals surface area contributed by atoms with Crippen LogP contribution in [-0.2, 0) is 4.79 Å². The number of carbonyl (C=O) groups excluding carboxylic acids is 1. The monoisotopic (exact) mass is 370 g/mol. The first-order valence-corrected chi connectivity index (χ1v) is 7.39. The van der Waals surface area contributed by atoms with Crippen LogP contribution in [0, 0.1) is 10.1 Å². The minimum atomic E-state index is -0.573. The average Bonchev–Trinajstić information content (AvgIpc) is 2.48. The van der Waals surface area contributed by atoms with Crippen LogP contribution >= 0.6 is 34.8 Å². The van der Waals surface area contributed by atoms with Crippen LogP contribution in [0.4, 0.5) is 11.4 Å². The Balaban J connectivity index is 2.14. The summed E-state index contributed by atoms with van der Waals surface area (Å²) in [7, 11) is 0. The highest BCUT2D eigenvalue weighted by Gasteiger charge is 2.10. The molecule has 0 fully saturated rings. The molecule has 0 saturated carbocycles. The Morgan fingerprint density at radius 3 is 2.30 bits per heavy atom. The van der Waals surface area contributed by atoms with E-state index in [1.807, 2.05) is 0 Å². The molecule has 0 unspecified atom stereocenters. The molecule has 1 amide bonds. The maximum Gasteiger partial charge on any atom is 0.271 e. The van der Waals surface area contributed by atoms with Gasteiger partial charge < -0.3 is 5.32 Å². The van der Waals surface area contributed by atoms with Gasteiger partial charge in [0.05, 0.1) is 15.6 Å². The van der Waals surface area contributed by atoms with Crippen molar-refractivity contribution in [2.45, 2.75) is 0 Å². The number of nitro benzene ring substituents is 1. The number of nitro groups is 1. The number of benzene rings is 2. The third kappa shape index (κ3) is 4.45. The molecule has 8 heteroatoms. The first kappa shape index (κ1) is 17.3. The fourth-order valence-electron chi connectivity index (χ4n) is 1.72. The Hall–Kier alpha value is -2.08. The Kier molecular flexibility index (Phi) is 5.60. The lowest BCUT2D eigenvalue weighted by atomic mass is 10.2. The van der Waals surface area contributed by atoms with Gasteiger partial charge in [0.15, 0.2) is 0 Å². The number of nitrogens with one attached hydrogen (secondary N) is 1. The summed E-state index contributed by atoms with van der Waals surface area (Å²) >= 11 is 17.9. The van der Waals surface area contributed by atoms with Crippen molar-refractivity contribution in [3.63, 3.8) is 0 Å². The second kappa shape index (κ2) is 7.46. The molecule has 0 aliphatic carbocycles. The van der Waals surface area contributed by atoms with E-state index in [2.05, 4.69) is 5.32 Å². The molecule has 0 aromatic heterocycles. The first-order valence-electron chi connectivity index (χ1n) is 6.25. The maximum absolute atomic E-state index is 11.9. The standard InChI is InChI=1S/C15H9Cl3N2O3/c16-11-2-1-3-12(17)10(11)5-7-15(21)19-14-6-4-9(20(22)23)8-13(14)18/h1-8H,(H,19,21). The van der Waals surface area contributed by atoms with E-state index in [9.17, 15) is 14.9 Å². The van der Waals surface area contributed by atoms with Crippen molar-refractivity contribution in [1.82, 2.24) is 0 Å². The number of hydrogen-bond donors (Lipinski definition) is 1. The predicted octanol–water partition coefficient (Wildman–Crippen LogP) is 5.21. The quantitative estimate of drug-likeness (QED) is 0.456. The summed E-state index contributed by atoms with van der Waals surface area (Å²) in [6.45, 7) is 0. The van der Waals surface area contributed by atoms with Crippen molar-refractivity contribution in [3.05, 3.63) is 73.2 Å². The van der Waals surface area contributed by atoms with Gasteiger partial charge in [0.1, 0.15) is 0 Å². The van der Waals surface area contributed by atoms with Gasteiger partial charge in [-0.1, -0.05) is 40.9 Å². The number of amides is 1. The molecule has 0 radical (unpaired) electrons. The van der Waals surface area contributed by atoms with Gasteiger partial charge in [0.25, 0.3) is 5.69 Å². The zero-order valence-corrected chi connectivity index (χ0v) is 13.7. The van der Waals surface area contributed by atoms with Crippen molar-refractivity contribution in [3.8, 4) is 0 Å². The molecule has 23 heavy (non-hydrogen) atoms. The molecule has 0 heterocycles. The summed E-state index contributed by atoms with van der Waals surface area (Å²) < 4.78 is 0. The number of halogens is 3. The Morgan fingerprint density at radius 1 is 1.09 bits per heavy atom. The number of non-ortho nitro benzene ring substituents is 1. The molecule has 0 atom stereocenters. The summed E-state index contributed by atoms with van der Waals surface area (Å²) in [5.41, 5.74) is 0.615. The molecule has 2 rings (SSSR count). The summed E-state index contributed by atoms with van der Waals surface area (Å²) in [4.78, 5) is 22.0. The SMILES string of the molecule is O=C(C=Cc1c(Cl)cccc1Cl)Nc1ccc([N+](=O)[O-])cc1Cl. The van der Waals surface area contributed by atoms with Crippen LogP contribution in [-0.4, -0.2) is 10.8 Å². The van der Waals surface area contributed by atoms with E-state index in [4.69, 9.17) is 34.8 Å². The lowest BCUT2D eigenvalue weighted by molar-refractivity contribution is -0.384. The highest BCUT2D eigenvalue weighted by atomic mass is 35.5. The van der Waals surface area contributed by atoms with Gasteiger partial charge in [-0.2, -0.15) is 0 Å². The van der Waals surface area contributed by atoms with Gasteiger partial charge in [0, 0.05) is 33.8 Å². The number of carbonyl (C=O) groups is 1. The summed E-state index contributed by atoms with van der Waals surface area (Å²) in [6.07, 6.45) is 2.71. The smallest absolute Gasteiger partial charge is 0.271 e. The molecule has 1 N–H and O–H groups in total. The van der Waals surface area contributed by atoms with Crippen molar-refractivity contribution in [2.75, 3.05) is 5.32 Å². The lowest BCUT2D eigenvalue weighted by Crippen LogP contribution is -2.08. The highest BCUT2D eigenvalue weighted by Crippen LogP contribution is 2.27. The van der Waals surface area contributed by atoms with Crippen LogP contribution in [0.25, 0.3) is 6.08 Å². The van der Waals surface area contributed by atoms with E-state index in [1.165, 1.54) is 24.3 Å². The van der Waals surface area contributed by atoms with Crippen molar-refractivity contribution >= 4 is 58.2 Å². The molecule has 0 saturated heterocycles. The predicted molar refractivity (Wildman–Crippen MR) is 92.2 cm³/mol. The third-order valence-corrected chi connectivity index (χ3v) is 3.79. The Bertz CT molecular complexity index is 786. The van der Waals surface area contributed by atoms with Gasteiger partial charge >= 0.3 is 0 Å². The normalized spacial score (nSPS) is 10.7. The number of anilines is 1. The van der Waals surface area contributed by atoms with Crippen molar-refractivity contribution in [2.24, 2.45) is 0 Å². The molecule has 5 nitrogen and oxygen atoms in total. The van der Waals surface area contributed by atoms with Crippen molar-refractivity contribution < 1.29 is 9.72 Å². The molecule has 0 aliphatic heterocycles. The minimum Gasteiger partial charge on any atom is -0.321 e.